The van der Waals surface area contributed by atoms with E-state index in [2.05, 4.69) is 26.7 Å². The lowest BCUT2D eigenvalue weighted by Gasteiger charge is -2.35. The fraction of sp³-hybridized carbons (Fsp3) is 0.500. The average molecular weight is 199 g/mol. The maximum absolute atomic E-state index is 3.81. The number of halogens is 1. The summed E-state index contributed by atoms with van der Waals surface area (Å²) in [7, 11) is 0. The average Bonchev–Trinajstić information content (AvgIpc) is 2.06. The first kappa shape index (κ1) is 15.6. The van der Waals surface area contributed by atoms with Crippen LogP contribution >= 0.6 is 0 Å². The Hall–Kier alpha value is -0.890. The number of quaternary nitrogens is 1. The summed E-state index contributed by atoms with van der Waals surface area (Å²) in [4.78, 5) is 0. The standard InChI is InChI=1S/C12H22N.FH/c1-5-9-13(10-6-2,11-7-3)12-8-4;/h5-7H,1-3,8-12H2,4H3;1H/q+1;/p-1. The monoisotopic (exact) mass is 199 g/mol. The minimum absolute atomic E-state index is 0. The highest BCUT2D eigenvalue weighted by atomic mass is 19.0. The summed E-state index contributed by atoms with van der Waals surface area (Å²) < 4.78 is 1.02. The Morgan fingerprint density at radius 1 is 0.929 bits per heavy atom. The van der Waals surface area contributed by atoms with Gasteiger partial charge in [-0.1, -0.05) is 26.7 Å². The van der Waals surface area contributed by atoms with E-state index in [0.717, 1.165) is 24.1 Å². The van der Waals surface area contributed by atoms with E-state index in [0.29, 0.717) is 0 Å². The molecule has 0 aliphatic heterocycles. The van der Waals surface area contributed by atoms with Crippen LogP contribution in [0.15, 0.2) is 38.0 Å². The molecule has 0 atom stereocenters. The maximum atomic E-state index is 3.81. The molecule has 82 valence electrons. The third-order valence-electron chi connectivity index (χ3n) is 2.25. The fourth-order valence-electron chi connectivity index (χ4n) is 1.79. The molecular formula is C12H22FN. The summed E-state index contributed by atoms with van der Waals surface area (Å²) in [6.07, 6.45) is 7.16. The van der Waals surface area contributed by atoms with Crippen molar-refractivity contribution in [3.63, 3.8) is 0 Å². The summed E-state index contributed by atoms with van der Waals surface area (Å²) in [5, 5.41) is 0. The highest BCUT2D eigenvalue weighted by Gasteiger charge is 2.20. The molecule has 0 saturated heterocycles. The Morgan fingerprint density at radius 3 is 1.50 bits per heavy atom. The van der Waals surface area contributed by atoms with Crippen LogP contribution in [-0.2, 0) is 0 Å². The zero-order valence-corrected chi connectivity index (χ0v) is 9.21. The van der Waals surface area contributed by atoms with Crippen LogP contribution in [0.3, 0.4) is 0 Å². The molecule has 0 heterocycles. The van der Waals surface area contributed by atoms with Gasteiger partial charge in [0.2, 0.25) is 0 Å². The van der Waals surface area contributed by atoms with Crippen LogP contribution in [0.1, 0.15) is 13.3 Å². The minimum atomic E-state index is 0. The van der Waals surface area contributed by atoms with Crippen LogP contribution in [0, 0.1) is 0 Å². The predicted octanol–water partition coefficient (Wildman–Crippen LogP) is -0.225. The Labute approximate surface area is 87.4 Å². The summed E-state index contributed by atoms with van der Waals surface area (Å²) in [5.41, 5.74) is 0. The largest absolute Gasteiger partial charge is 1.00 e. The second-order valence-corrected chi connectivity index (χ2v) is 3.48. The summed E-state index contributed by atoms with van der Waals surface area (Å²) >= 11 is 0. The first-order valence-corrected chi connectivity index (χ1v) is 4.92. The van der Waals surface area contributed by atoms with Crippen molar-refractivity contribution in [3.05, 3.63) is 38.0 Å². The van der Waals surface area contributed by atoms with Gasteiger partial charge in [0.1, 0.15) is 0 Å². The molecular weight excluding hydrogens is 177 g/mol. The topological polar surface area (TPSA) is 0 Å². The van der Waals surface area contributed by atoms with Crippen molar-refractivity contribution in [2.45, 2.75) is 13.3 Å². The van der Waals surface area contributed by atoms with Crippen LogP contribution < -0.4 is 4.70 Å². The molecule has 0 aliphatic rings. The van der Waals surface area contributed by atoms with Crippen molar-refractivity contribution in [1.82, 2.24) is 0 Å². The minimum Gasteiger partial charge on any atom is -1.00 e. The molecule has 0 aliphatic carbocycles. The van der Waals surface area contributed by atoms with Gasteiger partial charge in [-0.05, 0) is 24.6 Å². The van der Waals surface area contributed by atoms with Crippen molar-refractivity contribution in [2.75, 3.05) is 26.2 Å². The van der Waals surface area contributed by atoms with E-state index in [-0.39, 0.29) is 4.70 Å². The Bertz CT molecular complexity index is 149. The fourth-order valence-corrected chi connectivity index (χ4v) is 1.79. The van der Waals surface area contributed by atoms with Crippen LogP contribution in [0.2, 0.25) is 0 Å². The number of nitrogens with zero attached hydrogens (tertiary/aromatic N) is 1. The van der Waals surface area contributed by atoms with Crippen molar-refractivity contribution in [1.29, 1.82) is 0 Å². The molecule has 0 saturated carbocycles. The van der Waals surface area contributed by atoms with Crippen molar-refractivity contribution in [3.8, 4) is 0 Å². The summed E-state index contributed by atoms with van der Waals surface area (Å²) in [6, 6.07) is 0. The zero-order valence-electron chi connectivity index (χ0n) is 9.21. The third kappa shape index (κ3) is 4.97. The van der Waals surface area contributed by atoms with E-state index in [1.807, 2.05) is 18.2 Å². The number of hydrogen-bond donors (Lipinski definition) is 0. The molecule has 0 unspecified atom stereocenters. The number of rotatable bonds is 8. The molecule has 1 nitrogen and oxygen atoms in total. The molecule has 0 spiro atoms. The first-order chi connectivity index (χ1) is 6.24. The van der Waals surface area contributed by atoms with E-state index in [4.69, 9.17) is 0 Å². The van der Waals surface area contributed by atoms with Gasteiger partial charge in [-0.3, -0.25) is 0 Å². The van der Waals surface area contributed by atoms with Gasteiger partial charge in [0.15, 0.2) is 0 Å². The molecule has 0 radical (unpaired) electrons. The van der Waals surface area contributed by atoms with E-state index < -0.39 is 0 Å². The van der Waals surface area contributed by atoms with Gasteiger partial charge in [-0.15, -0.1) is 0 Å². The Kier molecular flexibility index (Phi) is 9.68. The second kappa shape index (κ2) is 8.70. The molecule has 0 rings (SSSR count). The van der Waals surface area contributed by atoms with Gasteiger partial charge in [0.05, 0.1) is 26.2 Å². The molecule has 0 amide bonds. The highest BCUT2D eigenvalue weighted by Crippen LogP contribution is 2.09. The quantitative estimate of drug-likeness (QED) is 0.374. The van der Waals surface area contributed by atoms with E-state index >= 15 is 0 Å². The zero-order chi connectivity index (χ0) is 10.2. The van der Waals surface area contributed by atoms with Crippen LogP contribution in [0.4, 0.5) is 0 Å². The van der Waals surface area contributed by atoms with Crippen LogP contribution in [0.5, 0.6) is 0 Å². The second-order valence-electron chi connectivity index (χ2n) is 3.48. The normalized spacial score (nSPS) is 10.1. The van der Waals surface area contributed by atoms with Crippen LogP contribution in [0.25, 0.3) is 0 Å². The van der Waals surface area contributed by atoms with Gasteiger partial charge in [-0.25, -0.2) is 0 Å². The Balaban J connectivity index is 0. The predicted molar refractivity (Wildman–Crippen MR) is 60.6 cm³/mol. The summed E-state index contributed by atoms with van der Waals surface area (Å²) in [6.45, 7) is 17.8. The van der Waals surface area contributed by atoms with Gasteiger partial charge < -0.3 is 9.19 Å². The van der Waals surface area contributed by atoms with Crippen molar-refractivity contribution < 1.29 is 9.19 Å². The smallest absolute Gasteiger partial charge is 0.0975 e. The number of hydrogen-bond acceptors (Lipinski definition) is 0. The molecule has 2 heteroatoms. The van der Waals surface area contributed by atoms with Gasteiger partial charge >= 0.3 is 0 Å². The molecule has 0 aromatic carbocycles. The summed E-state index contributed by atoms with van der Waals surface area (Å²) in [5.74, 6) is 0. The lowest BCUT2D eigenvalue weighted by Crippen LogP contribution is -3.00. The first-order valence-electron chi connectivity index (χ1n) is 4.92. The van der Waals surface area contributed by atoms with E-state index in [1.54, 1.807) is 0 Å². The maximum Gasteiger partial charge on any atom is 0.0975 e. The molecule has 0 aromatic rings. The van der Waals surface area contributed by atoms with Crippen LogP contribution in [-0.4, -0.2) is 30.7 Å². The highest BCUT2D eigenvalue weighted by molar-refractivity contribution is 4.76. The lowest BCUT2D eigenvalue weighted by molar-refractivity contribution is -0.911. The third-order valence-corrected chi connectivity index (χ3v) is 2.25. The van der Waals surface area contributed by atoms with E-state index in [1.165, 1.54) is 13.0 Å². The van der Waals surface area contributed by atoms with Gasteiger partial charge in [-0.2, -0.15) is 0 Å². The molecule has 0 N–H and O–H groups in total. The van der Waals surface area contributed by atoms with Gasteiger partial charge in [0.25, 0.3) is 0 Å². The molecule has 14 heavy (non-hydrogen) atoms. The Morgan fingerprint density at radius 2 is 1.29 bits per heavy atom. The molecule has 0 bridgehead atoms. The lowest BCUT2D eigenvalue weighted by atomic mass is 10.2. The molecule has 0 fully saturated rings. The van der Waals surface area contributed by atoms with E-state index in [9.17, 15) is 0 Å². The van der Waals surface area contributed by atoms with Crippen molar-refractivity contribution >= 4 is 0 Å². The van der Waals surface area contributed by atoms with Crippen molar-refractivity contribution in [2.24, 2.45) is 0 Å². The van der Waals surface area contributed by atoms with Gasteiger partial charge in [0, 0.05) is 0 Å². The SMILES string of the molecule is C=CC[N+](CC=C)(CC=C)CCC.[F-]. The molecule has 0 aromatic heterocycles.